The van der Waals surface area contributed by atoms with E-state index in [1.54, 1.807) is 6.07 Å². The molecule has 1 fully saturated rings. The number of nitrogens with zero attached hydrogens (tertiary/aromatic N) is 3. The number of aliphatic hydroxyl groups is 1. The van der Waals surface area contributed by atoms with Crippen LogP contribution in [0.5, 0.6) is 0 Å². The number of nitrogens with one attached hydrogen (secondary N) is 1. The summed E-state index contributed by atoms with van der Waals surface area (Å²) in [6.45, 7) is 3.30. The Morgan fingerprint density at radius 3 is 3.10 bits per heavy atom. The van der Waals surface area contributed by atoms with Gasteiger partial charge >= 0.3 is 0 Å². The molecule has 2 heterocycles. The number of guanidine groups is 1. The lowest BCUT2D eigenvalue weighted by Gasteiger charge is -2.22. The molecule has 2 unspecified atom stereocenters. The van der Waals surface area contributed by atoms with Crippen LogP contribution in [0.2, 0.25) is 5.02 Å². The Bertz CT molecular complexity index is 622. The van der Waals surface area contributed by atoms with E-state index in [4.69, 9.17) is 16.9 Å². The number of fused-ring (bicyclic) bond motifs is 1. The second-order valence-electron chi connectivity index (χ2n) is 5.12. The van der Waals surface area contributed by atoms with Crippen LogP contribution in [0.4, 0.5) is 5.69 Å². The van der Waals surface area contributed by atoms with Crippen molar-refractivity contribution in [2.24, 2.45) is 4.99 Å². The summed E-state index contributed by atoms with van der Waals surface area (Å²) in [6.07, 6.45) is 0.474. The number of aliphatic hydroxyl groups excluding tert-OH is 1. The van der Waals surface area contributed by atoms with Gasteiger partial charge in [0.05, 0.1) is 29.3 Å². The molecule has 2 N–H and O–H groups in total. The second-order valence-corrected chi connectivity index (χ2v) is 5.50. The molecule has 1 aromatic carbocycles. The largest absolute Gasteiger partial charge is 0.391 e. The van der Waals surface area contributed by atoms with Crippen LogP contribution in [0.3, 0.4) is 0 Å². The van der Waals surface area contributed by atoms with Crippen molar-refractivity contribution in [3.8, 4) is 6.07 Å². The van der Waals surface area contributed by atoms with Crippen molar-refractivity contribution in [2.75, 3.05) is 18.4 Å². The Balaban J connectivity index is 1.83. The van der Waals surface area contributed by atoms with Gasteiger partial charge in [-0.1, -0.05) is 11.6 Å². The SMILES string of the molecule is Cc1c(NC2=NCC3C(O)CCN23)ccc(C#N)c1Cl. The van der Waals surface area contributed by atoms with Gasteiger partial charge < -0.3 is 15.3 Å². The molecule has 0 amide bonds. The number of hydrogen-bond donors (Lipinski definition) is 2. The van der Waals surface area contributed by atoms with Gasteiger partial charge in [-0.15, -0.1) is 0 Å². The number of anilines is 1. The first-order valence-corrected chi connectivity index (χ1v) is 6.95. The normalized spacial score (nSPS) is 24.3. The van der Waals surface area contributed by atoms with E-state index in [1.165, 1.54) is 0 Å². The van der Waals surface area contributed by atoms with Crippen molar-refractivity contribution in [2.45, 2.75) is 25.5 Å². The Kier molecular flexibility index (Phi) is 3.28. The second kappa shape index (κ2) is 4.97. The van der Waals surface area contributed by atoms with Crippen LogP contribution < -0.4 is 5.32 Å². The number of aliphatic imine (C=N–C) groups is 1. The van der Waals surface area contributed by atoms with Crippen LogP contribution in [-0.2, 0) is 0 Å². The lowest BCUT2D eigenvalue weighted by atomic mass is 10.1. The molecule has 1 aromatic rings. The van der Waals surface area contributed by atoms with Gasteiger partial charge in [-0.3, -0.25) is 4.99 Å². The minimum Gasteiger partial charge on any atom is -0.391 e. The summed E-state index contributed by atoms with van der Waals surface area (Å²) in [5, 5.41) is 22.5. The highest BCUT2D eigenvalue weighted by Gasteiger charge is 2.38. The van der Waals surface area contributed by atoms with E-state index >= 15 is 0 Å². The van der Waals surface area contributed by atoms with Crippen molar-refractivity contribution in [1.29, 1.82) is 5.26 Å². The standard InChI is InChI=1S/C14H15ClN4O/c1-8-10(3-2-9(6-16)13(8)15)18-14-17-7-11-12(20)4-5-19(11)14/h2-3,11-12,20H,4-5,7H2,1H3,(H,17,18). The quantitative estimate of drug-likeness (QED) is 0.826. The third kappa shape index (κ3) is 2.01. The monoisotopic (exact) mass is 290 g/mol. The molecule has 104 valence electrons. The predicted octanol–water partition coefficient (Wildman–Crippen LogP) is 1.74. The van der Waals surface area contributed by atoms with Crippen molar-refractivity contribution >= 4 is 23.2 Å². The minimum absolute atomic E-state index is 0.0895. The summed E-state index contributed by atoms with van der Waals surface area (Å²) in [5.74, 6) is 0.774. The van der Waals surface area contributed by atoms with E-state index in [-0.39, 0.29) is 12.1 Å². The molecule has 0 aromatic heterocycles. The Labute approximate surface area is 122 Å². The third-order valence-corrected chi connectivity index (χ3v) is 4.45. The number of halogens is 1. The van der Waals surface area contributed by atoms with E-state index in [2.05, 4.69) is 21.3 Å². The number of hydrogen-bond acceptors (Lipinski definition) is 5. The molecule has 6 heteroatoms. The molecule has 0 spiro atoms. The molecular weight excluding hydrogens is 276 g/mol. The molecular formula is C14H15ClN4O. The average Bonchev–Trinajstić information content (AvgIpc) is 3.00. The van der Waals surface area contributed by atoms with Crippen LogP contribution in [-0.4, -0.2) is 41.2 Å². The molecule has 0 radical (unpaired) electrons. The molecule has 20 heavy (non-hydrogen) atoms. The fourth-order valence-corrected chi connectivity index (χ4v) is 2.94. The molecule has 2 aliphatic heterocycles. The van der Waals surface area contributed by atoms with E-state index in [1.807, 2.05) is 13.0 Å². The predicted molar refractivity (Wildman–Crippen MR) is 77.9 cm³/mol. The van der Waals surface area contributed by atoms with Crippen molar-refractivity contribution < 1.29 is 5.11 Å². The zero-order valence-electron chi connectivity index (χ0n) is 11.1. The first-order valence-electron chi connectivity index (χ1n) is 6.57. The molecule has 3 rings (SSSR count). The van der Waals surface area contributed by atoms with Crippen LogP contribution >= 0.6 is 11.6 Å². The fourth-order valence-electron chi connectivity index (χ4n) is 2.73. The molecule has 1 saturated heterocycles. The van der Waals surface area contributed by atoms with Crippen LogP contribution in [0.1, 0.15) is 17.5 Å². The van der Waals surface area contributed by atoms with E-state index in [0.717, 1.165) is 30.2 Å². The number of rotatable bonds is 1. The van der Waals surface area contributed by atoms with E-state index in [9.17, 15) is 5.11 Å². The maximum absolute atomic E-state index is 9.85. The van der Waals surface area contributed by atoms with Crippen LogP contribution in [0.25, 0.3) is 0 Å². The zero-order chi connectivity index (χ0) is 14.3. The van der Waals surface area contributed by atoms with E-state index < -0.39 is 0 Å². The maximum Gasteiger partial charge on any atom is 0.198 e. The molecule has 0 bridgehead atoms. The molecule has 2 atom stereocenters. The van der Waals surface area contributed by atoms with Crippen LogP contribution in [0, 0.1) is 18.3 Å². The van der Waals surface area contributed by atoms with E-state index in [0.29, 0.717) is 17.1 Å². The van der Waals surface area contributed by atoms with Gasteiger partial charge in [-0.2, -0.15) is 5.26 Å². The molecule has 0 aliphatic carbocycles. The van der Waals surface area contributed by atoms with Gasteiger partial charge in [0.25, 0.3) is 0 Å². The van der Waals surface area contributed by atoms with Gasteiger partial charge in [0, 0.05) is 12.2 Å². The van der Waals surface area contributed by atoms with Crippen molar-refractivity contribution in [3.63, 3.8) is 0 Å². The highest BCUT2D eigenvalue weighted by molar-refractivity contribution is 6.33. The van der Waals surface area contributed by atoms with Crippen LogP contribution in [0.15, 0.2) is 17.1 Å². The summed E-state index contributed by atoms with van der Waals surface area (Å²) < 4.78 is 0. The summed E-state index contributed by atoms with van der Waals surface area (Å²) >= 11 is 6.16. The maximum atomic E-state index is 9.85. The van der Waals surface area contributed by atoms with Crippen molar-refractivity contribution in [1.82, 2.24) is 4.90 Å². The minimum atomic E-state index is -0.302. The summed E-state index contributed by atoms with van der Waals surface area (Å²) in [6, 6.07) is 5.69. The lowest BCUT2D eigenvalue weighted by Crippen LogP contribution is -2.38. The highest BCUT2D eigenvalue weighted by atomic mass is 35.5. The van der Waals surface area contributed by atoms with Crippen molar-refractivity contribution in [3.05, 3.63) is 28.3 Å². The topological polar surface area (TPSA) is 71.7 Å². The molecule has 0 saturated carbocycles. The van der Waals surface area contributed by atoms with Gasteiger partial charge in [-0.05, 0) is 31.0 Å². The van der Waals surface area contributed by atoms with Gasteiger partial charge in [0.2, 0.25) is 0 Å². The summed E-state index contributed by atoms with van der Waals surface area (Å²) in [4.78, 5) is 6.54. The average molecular weight is 291 g/mol. The number of nitriles is 1. The highest BCUT2D eigenvalue weighted by Crippen LogP contribution is 2.29. The first-order chi connectivity index (χ1) is 9.61. The van der Waals surface area contributed by atoms with Gasteiger partial charge in [-0.25, -0.2) is 0 Å². The van der Waals surface area contributed by atoms with Gasteiger partial charge in [0.15, 0.2) is 5.96 Å². The molecule has 5 nitrogen and oxygen atoms in total. The summed E-state index contributed by atoms with van der Waals surface area (Å²) in [7, 11) is 0. The Morgan fingerprint density at radius 1 is 1.55 bits per heavy atom. The number of benzene rings is 1. The zero-order valence-corrected chi connectivity index (χ0v) is 11.9. The summed E-state index contributed by atoms with van der Waals surface area (Å²) in [5.41, 5.74) is 2.14. The van der Waals surface area contributed by atoms with Gasteiger partial charge in [0.1, 0.15) is 6.07 Å². The third-order valence-electron chi connectivity index (χ3n) is 3.96. The molecule has 2 aliphatic rings. The Hall–Kier alpha value is -1.77. The first kappa shape index (κ1) is 13.2. The smallest absolute Gasteiger partial charge is 0.198 e. The lowest BCUT2D eigenvalue weighted by molar-refractivity contribution is 0.149. The fraction of sp³-hybridized carbons (Fsp3) is 0.429. The Morgan fingerprint density at radius 2 is 2.35 bits per heavy atom.